The number of hydrogen-bond donors (Lipinski definition) is 1. The molecule has 0 saturated heterocycles. The second-order valence-electron chi connectivity index (χ2n) is 5.03. The zero-order valence-corrected chi connectivity index (χ0v) is 10.4. The first kappa shape index (κ1) is 12.8. The Kier molecular flexibility index (Phi) is 3.24. The summed E-state index contributed by atoms with van der Waals surface area (Å²) in [7, 11) is 0. The van der Waals surface area contributed by atoms with Crippen LogP contribution in [0.2, 0.25) is 0 Å². The first-order valence-electron chi connectivity index (χ1n) is 6.08. The fourth-order valence-corrected chi connectivity index (χ4v) is 3.07. The van der Waals surface area contributed by atoms with Crippen molar-refractivity contribution in [2.24, 2.45) is 11.8 Å². The molecule has 0 amide bonds. The van der Waals surface area contributed by atoms with Crippen LogP contribution in [0.3, 0.4) is 0 Å². The van der Waals surface area contributed by atoms with Crippen molar-refractivity contribution < 1.29 is 24.2 Å². The molecule has 5 nitrogen and oxygen atoms in total. The molecule has 0 bridgehead atoms. The molecule has 0 aromatic heterocycles. The molecule has 3 atom stereocenters. The predicted octanol–water partition coefficient (Wildman–Crippen LogP) is 1.32. The van der Waals surface area contributed by atoms with E-state index >= 15 is 0 Å². The normalized spacial score (nSPS) is 31.2. The molecule has 0 heterocycles. The Morgan fingerprint density at radius 2 is 2.06 bits per heavy atom. The lowest BCUT2D eigenvalue weighted by Crippen LogP contribution is -2.30. The summed E-state index contributed by atoms with van der Waals surface area (Å²) in [6.07, 6.45) is 1.03. The van der Waals surface area contributed by atoms with Crippen molar-refractivity contribution in [1.29, 1.82) is 0 Å². The number of ketones is 1. The zero-order valence-electron chi connectivity index (χ0n) is 10.4. The third-order valence-corrected chi connectivity index (χ3v) is 3.75. The van der Waals surface area contributed by atoms with Crippen molar-refractivity contribution >= 4 is 17.7 Å². The van der Waals surface area contributed by atoms with Crippen LogP contribution in [-0.4, -0.2) is 28.9 Å². The van der Waals surface area contributed by atoms with E-state index in [2.05, 4.69) is 0 Å². The molecule has 2 rings (SSSR count). The average Bonchev–Trinajstić information content (AvgIpc) is 2.54. The van der Waals surface area contributed by atoms with Crippen molar-refractivity contribution in [3.05, 3.63) is 11.1 Å². The van der Waals surface area contributed by atoms with Crippen LogP contribution in [0, 0.1) is 11.8 Å². The van der Waals surface area contributed by atoms with E-state index in [1.807, 2.05) is 6.92 Å². The number of rotatable bonds is 2. The van der Waals surface area contributed by atoms with Gasteiger partial charge in [-0.2, -0.15) is 0 Å². The number of carbonyl (C=O) groups is 3. The number of Topliss-reactive ketones (excluding diaryl/α,β-unsaturated/α-hetero) is 1. The van der Waals surface area contributed by atoms with Gasteiger partial charge in [-0.1, -0.05) is 6.92 Å². The molecule has 98 valence electrons. The quantitative estimate of drug-likeness (QED) is 0.592. The highest BCUT2D eigenvalue weighted by Crippen LogP contribution is 2.45. The van der Waals surface area contributed by atoms with Gasteiger partial charge in [0.2, 0.25) is 0 Å². The minimum absolute atomic E-state index is 0.0640. The molecule has 0 aromatic rings. The van der Waals surface area contributed by atoms with Gasteiger partial charge < -0.3 is 9.84 Å². The second kappa shape index (κ2) is 4.55. The Balaban J connectivity index is 2.37. The van der Waals surface area contributed by atoms with Crippen LogP contribution >= 0.6 is 0 Å². The number of ether oxygens (including phenoxy) is 1. The van der Waals surface area contributed by atoms with E-state index in [4.69, 9.17) is 9.84 Å². The monoisotopic (exact) mass is 252 g/mol. The van der Waals surface area contributed by atoms with Gasteiger partial charge in [0.25, 0.3) is 0 Å². The van der Waals surface area contributed by atoms with E-state index in [0.29, 0.717) is 18.4 Å². The van der Waals surface area contributed by atoms with Crippen molar-refractivity contribution in [3.8, 4) is 0 Å². The van der Waals surface area contributed by atoms with Gasteiger partial charge in [0, 0.05) is 19.3 Å². The molecule has 0 aromatic carbocycles. The Morgan fingerprint density at radius 1 is 1.39 bits per heavy atom. The summed E-state index contributed by atoms with van der Waals surface area (Å²) in [5.74, 6) is -1.86. The lowest BCUT2D eigenvalue weighted by atomic mass is 9.83. The maximum atomic E-state index is 11.7. The van der Waals surface area contributed by atoms with Crippen LogP contribution in [0.5, 0.6) is 0 Å². The number of carboxylic acid groups (broad SMARTS) is 1. The van der Waals surface area contributed by atoms with E-state index in [1.54, 1.807) is 0 Å². The number of esters is 1. The van der Waals surface area contributed by atoms with E-state index < -0.39 is 5.97 Å². The smallest absolute Gasteiger partial charge is 0.339 e. The summed E-state index contributed by atoms with van der Waals surface area (Å²) >= 11 is 0. The van der Waals surface area contributed by atoms with E-state index in [1.165, 1.54) is 6.92 Å². The number of fused-ring (bicyclic) bond motifs is 1. The highest BCUT2D eigenvalue weighted by atomic mass is 16.5. The highest BCUT2D eigenvalue weighted by Gasteiger charge is 2.45. The minimum Gasteiger partial charge on any atom is -0.478 e. The molecule has 0 radical (unpaired) electrons. The van der Waals surface area contributed by atoms with Crippen LogP contribution < -0.4 is 0 Å². The molecule has 1 saturated carbocycles. The van der Waals surface area contributed by atoms with Crippen molar-refractivity contribution in [3.63, 3.8) is 0 Å². The lowest BCUT2D eigenvalue weighted by molar-refractivity contribution is -0.149. The van der Waals surface area contributed by atoms with E-state index in [0.717, 1.165) is 0 Å². The number of carboxylic acids is 1. The largest absolute Gasteiger partial charge is 0.478 e. The molecule has 1 N–H and O–H groups in total. The van der Waals surface area contributed by atoms with Gasteiger partial charge in [0.15, 0.2) is 5.78 Å². The first-order chi connectivity index (χ1) is 8.41. The van der Waals surface area contributed by atoms with Crippen LogP contribution in [0.25, 0.3) is 0 Å². The summed E-state index contributed by atoms with van der Waals surface area (Å²) < 4.78 is 5.28. The topological polar surface area (TPSA) is 80.7 Å². The summed E-state index contributed by atoms with van der Waals surface area (Å²) in [5.41, 5.74) is 0.588. The molecule has 0 spiro atoms. The fraction of sp³-hybridized carbons (Fsp3) is 0.615. The van der Waals surface area contributed by atoms with Crippen LogP contribution in [0.1, 0.15) is 33.1 Å². The molecule has 2 unspecified atom stereocenters. The molecule has 0 aliphatic heterocycles. The minimum atomic E-state index is -1.16. The molecule has 18 heavy (non-hydrogen) atoms. The fourth-order valence-electron chi connectivity index (χ4n) is 3.07. The molecule has 2 aliphatic carbocycles. The Bertz CT molecular complexity index is 448. The Morgan fingerprint density at radius 3 is 2.61 bits per heavy atom. The third-order valence-electron chi connectivity index (χ3n) is 3.75. The Labute approximate surface area is 105 Å². The summed E-state index contributed by atoms with van der Waals surface area (Å²) in [6.45, 7) is 3.27. The van der Waals surface area contributed by atoms with E-state index in [9.17, 15) is 14.4 Å². The van der Waals surface area contributed by atoms with Gasteiger partial charge in [-0.3, -0.25) is 9.59 Å². The van der Waals surface area contributed by atoms with Gasteiger partial charge in [0.05, 0.1) is 0 Å². The number of carbonyl (C=O) groups excluding carboxylic acids is 2. The molecular weight excluding hydrogens is 236 g/mol. The SMILES string of the molecule is CC(=O)O[C@@H]1C(C)CC2=C(C(=O)O)C(=O)CCC21. The lowest BCUT2D eigenvalue weighted by Gasteiger charge is -2.25. The molecule has 1 fully saturated rings. The molecule has 5 heteroatoms. The first-order valence-corrected chi connectivity index (χ1v) is 6.08. The summed E-state index contributed by atoms with van der Waals surface area (Å²) in [5, 5.41) is 9.12. The average molecular weight is 252 g/mol. The Hall–Kier alpha value is -1.65. The van der Waals surface area contributed by atoms with Crippen LogP contribution in [0.15, 0.2) is 11.1 Å². The third kappa shape index (κ3) is 2.05. The van der Waals surface area contributed by atoms with Gasteiger partial charge in [-0.05, 0) is 24.3 Å². The summed E-state index contributed by atoms with van der Waals surface area (Å²) in [4.78, 5) is 33.9. The predicted molar refractivity (Wildman–Crippen MR) is 61.7 cm³/mol. The van der Waals surface area contributed by atoms with Gasteiger partial charge in [-0.15, -0.1) is 0 Å². The standard InChI is InChI=1S/C13H16O5/c1-6-5-9-8(12(6)18-7(2)14)3-4-10(15)11(9)13(16)17/h6,8,12H,3-5H2,1-2H3,(H,16,17)/t6?,8?,12-/m1/s1. The van der Waals surface area contributed by atoms with Crippen molar-refractivity contribution in [2.45, 2.75) is 39.2 Å². The van der Waals surface area contributed by atoms with Gasteiger partial charge in [0.1, 0.15) is 11.7 Å². The molecular formula is C13H16O5. The number of hydrogen-bond acceptors (Lipinski definition) is 4. The maximum absolute atomic E-state index is 11.7. The number of aliphatic carboxylic acids is 1. The molecule has 2 aliphatic rings. The maximum Gasteiger partial charge on any atom is 0.339 e. The van der Waals surface area contributed by atoms with Gasteiger partial charge >= 0.3 is 11.9 Å². The van der Waals surface area contributed by atoms with Crippen LogP contribution in [0.4, 0.5) is 0 Å². The zero-order chi connectivity index (χ0) is 13.4. The van der Waals surface area contributed by atoms with Crippen molar-refractivity contribution in [1.82, 2.24) is 0 Å². The van der Waals surface area contributed by atoms with Crippen molar-refractivity contribution in [2.75, 3.05) is 0 Å². The van der Waals surface area contributed by atoms with E-state index in [-0.39, 0.29) is 41.7 Å². The summed E-state index contributed by atoms with van der Waals surface area (Å²) in [6, 6.07) is 0. The highest BCUT2D eigenvalue weighted by molar-refractivity contribution is 6.18. The van der Waals surface area contributed by atoms with Gasteiger partial charge in [-0.25, -0.2) is 4.79 Å². The second-order valence-corrected chi connectivity index (χ2v) is 5.03. The van der Waals surface area contributed by atoms with Crippen LogP contribution in [-0.2, 0) is 19.1 Å².